The van der Waals surface area contributed by atoms with Gasteiger partial charge in [0.1, 0.15) is 0 Å². The number of benzene rings is 1. The molecule has 16 heavy (non-hydrogen) atoms. The molecule has 1 atom stereocenters. The maximum atomic E-state index is 6.18. The van der Waals surface area contributed by atoms with Gasteiger partial charge in [-0.3, -0.25) is 0 Å². The van der Waals surface area contributed by atoms with Crippen LogP contribution in [0.3, 0.4) is 0 Å². The molecule has 1 fully saturated rings. The number of rotatable bonds is 1. The summed E-state index contributed by atoms with van der Waals surface area (Å²) in [6.07, 6.45) is 3.49. The highest BCUT2D eigenvalue weighted by atomic mass is 35.5. The summed E-state index contributed by atoms with van der Waals surface area (Å²) in [5.41, 5.74) is 0.950. The summed E-state index contributed by atoms with van der Waals surface area (Å²) >= 11 is 18.3. The van der Waals surface area contributed by atoms with E-state index in [1.807, 2.05) is 0 Å². The molecule has 1 heterocycles. The third kappa shape index (κ3) is 2.96. The van der Waals surface area contributed by atoms with E-state index in [2.05, 4.69) is 5.32 Å². The van der Waals surface area contributed by atoms with Crippen LogP contribution >= 0.6 is 47.2 Å². The molecule has 0 radical (unpaired) electrons. The van der Waals surface area contributed by atoms with Gasteiger partial charge >= 0.3 is 0 Å². The summed E-state index contributed by atoms with van der Waals surface area (Å²) in [5.74, 6) is 0. The second-order valence-corrected chi connectivity index (χ2v) is 4.95. The maximum Gasteiger partial charge on any atom is 0.0655 e. The summed E-state index contributed by atoms with van der Waals surface area (Å²) in [6, 6.07) is 3.79. The summed E-state index contributed by atoms with van der Waals surface area (Å²) in [6.45, 7) is 1.02. The first-order valence-electron chi connectivity index (χ1n) is 5.07. The second kappa shape index (κ2) is 6.32. The molecule has 1 aromatic carbocycles. The van der Waals surface area contributed by atoms with Crippen molar-refractivity contribution < 1.29 is 0 Å². The van der Waals surface area contributed by atoms with Crippen molar-refractivity contribution in [1.29, 1.82) is 0 Å². The highest BCUT2D eigenvalue weighted by Gasteiger charge is 2.21. The molecule has 1 aromatic rings. The lowest BCUT2D eigenvalue weighted by atomic mass is 9.97. The van der Waals surface area contributed by atoms with Gasteiger partial charge in [-0.05, 0) is 31.5 Å². The number of piperidine rings is 1. The van der Waals surface area contributed by atoms with Crippen LogP contribution in [-0.2, 0) is 0 Å². The smallest absolute Gasteiger partial charge is 0.0655 e. The van der Waals surface area contributed by atoms with Gasteiger partial charge < -0.3 is 5.32 Å². The van der Waals surface area contributed by atoms with Crippen LogP contribution in [0.15, 0.2) is 12.1 Å². The highest BCUT2D eigenvalue weighted by Crippen LogP contribution is 2.38. The van der Waals surface area contributed by atoms with Crippen molar-refractivity contribution in [3.05, 3.63) is 32.8 Å². The molecule has 2 rings (SSSR count). The maximum absolute atomic E-state index is 6.18. The molecule has 0 aliphatic carbocycles. The molecule has 0 unspecified atom stereocenters. The Balaban J connectivity index is 0.00000128. The molecule has 1 nitrogen and oxygen atoms in total. The molecule has 0 aromatic heterocycles. The summed E-state index contributed by atoms with van der Waals surface area (Å²) < 4.78 is 0. The third-order valence-electron chi connectivity index (χ3n) is 2.74. The van der Waals surface area contributed by atoms with E-state index < -0.39 is 0 Å². The Morgan fingerprint density at radius 1 is 1.06 bits per heavy atom. The van der Waals surface area contributed by atoms with Crippen LogP contribution in [0.1, 0.15) is 30.9 Å². The van der Waals surface area contributed by atoms with Crippen LogP contribution in [0.4, 0.5) is 0 Å². The molecule has 0 saturated carbocycles. The molecular weight excluding hydrogens is 288 g/mol. The molecular formula is C11H13Cl4N. The molecule has 90 valence electrons. The SMILES string of the molecule is Cl.Clc1ccc(Cl)c([C@@H]2CCCCN2)c1Cl. The van der Waals surface area contributed by atoms with E-state index in [1.54, 1.807) is 12.1 Å². The largest absolute Gasteiger partial charge is 0.310 e. The first-order chi connectivity index (χ1) is 7.20. The van der Waals surface area contributed by atoms with Crippen LogP contribution in [0, 0.1) is 0 Å². The van der Waals surface area contributed by atoms with Crippen molar-refractivity contribution >= 4 is 47.2 Å². The Morgan fingerprint density at radius 3 is 2.38 bits per heavy atom. The Labute approximate surface area is 117 Å². The zero-order chi connectivity index (χ0) is 10.8. The summed E-state index contributed by atoms with van der Waals surface area (Å²) in [7, 11) is 0. The Hall–Kier alpha value is 0.340. The molecule has 0 amide bonds. The van der Waals surface area contributed by atoms with E-state index in [9.17, 15) is 0 Å². The molecule has 1 aliphatic heterocycles. The Kier molecular flexibility index (Phi) is 5.69. The van der Waals surface area contributed by atoms with E-state index >= 15 is 0 Å². The third-order valence-corrected chi connectivity index (χ3v) is 3.89. The van der Waals surface area contributed by atoms with Gasteiger partial charge in [-0.2, -0.15) is 0 Å². The van der Waals surface area contributed by atoms with Crippen LogP contribution in [-0.4, -0.2) is 6.54 Å². The lowest BCUT2D eigenvalue weighted by molar-refractivity contribution is 0.412. The van der Waals surface area contributed by atoms with Crippen molar-refractivity contribution in [3.63, 3.8) is 0 Å². The fourth-order valence-electron chi connectivity index (χ4n) is 1.96. The van der Waals surface area contributed by atoms with Crippen LogP contribution < -0.4 is 5.32 Å². The molecule has 1 saturated heterocycles. The Bertz CT molecular complexity index is 361. The average molecular weight is 301 g/mol. The van der Waals surface area contributed by atoms with Gasteiger partial charge in [0.2, 0.25) is 0 Å². The van der Waals surface area contributed by atoms with Crippen molar-refractivity contribution in [2.24, 2.45) is 0 Å². The summed E-state index contributed by atoms with van der Waals surface area (Å²) in [5, 5.41) is 5.27. The quantitative estimate of drug-likeness (QED) is 0.729. The van der Waals surface area contributed by atoms with E-state index in [1.165, 1.54) is 12.8 Å². The van der Waals surface area contributed by atoms with Gasteiger partial charge in [0.15, 0.2) is 0 Å². The van der Waals surface area contributed by atoms with Crippen LogP contribution in [0.25, 0.3) is 0 Å². The first kappa shape index (κ1) is 14.4. The number of hydrogen-bond acceptors (Lipinski definition) is 1. The number of nitrogens with one attached hydrogen (secondary N) is 1. The molecule has 0 bridgehead atoms. The normalized spacial score (nSPS) is 20.3. The average Bonchev–Trinajstić information content (AvgIpc) is 2.26. The van der Waals surface area contributed by atoms with E-state index in [0.717, 1.165) is 18.5 Å². The van der Waals surface area contributed by atoms with Gasteiger partial charge in [0.05, 0.1) is 10.0 Å². The minimum atomic E-state index is 0. The Morgan fingerprint density at radius 2 is 1.75 bits per heavy atom. The lowest BCUT2D eigenvalue weighted by Gasteiger charge is -2.25. The van der Waals surface area contributed by atoms with E-state index in [4.69, 9.17) is 34.8 Å². The highest BCUT2D eigenvalue weighted by molar-refractivity contribution is 6.44. The van der Waals surface area contributed by atoms with Crippen molar-refractivity contribution in [3.8, 4) is 0 Å². The fourth-order valence-corrected chi connectivity index (χ4v) is 2.76. The second-order valence-electron chi connectivity index (χ2n) is 3.76. The lowest BCUT2D eigenvalue weighted by Crippen LogP contribution is -2.27. The van der Waals surface area contributed by atoms with Gasteiger partial charge in [-0.25, -0.2) is 0 Å². The van der Waals surface area contributed by atoms with Crippen molar-refractivity contribution in [2.75, 3.05) is 6.54 Å². The first-order valence-corrected chi connectivity index (χ1v) is 6.20. The fraction of sp³-hybridized carbons (Fsp3) is 0.455. The van der Waals surface area contributed by atoms with Gasteiger partial charge in [-0.1, -0.05) is 41.2 Å². The van der Waals surface area contributed by atoms with Crippen LogP contribution in [0.2, 0.25) is 15.1 Å². The molecule has 1 N–H and O–H groups in total. The van der Waals surface area contributed by atoms with Crippen molar-refractivity contribution in [1.82, 2.24) is 5.32 Å². The van der Waals surface area contributed by atoms with Gasteiger partial charge in [0, 0.05) is 16.6 Å². The van der Waals surface area contributed by atoms with E-state index in [-0.39, 0.29) is 18.4 Å². The zero-order valence-electron chi connectivity index (χ0n) is 8.60. The minimum Gasteiger partial charge on any atom is -0.310 e. The topological polar surface area (TPSA) is 12.0 Å². The molecule has 5 heteroatoms. The van der Waals surface area contributed by atoms with Crippen molar-refractivity contribution in [2.45, 2.75) is 25.3 Å². The van der Waals surface area contributed by atoms with Gasteiger partial charge in [-0.15, -0.1) is 12.4 Å². The van der Waals surface area contributed by atoms with E-state index in [0.29, 0.717) is 15.1 Å². The zero-order valence-corrected chi connectivity index (χ0v) is 11.7. The molecule has 0 spiro atoms. The van der Waals surface area contributed by atoms with Crippen LogP contribution in [0.5, 0.6) is 0 Å². The number of hydrogen-bond donors (Lipinski definition) is 1. The van der Waals surface area contributed by atoms with Gasteiger partial charge in [0.25, 0.3) is 0 Å². The predicted molar refractivity (Wildman–Crippen MR) is 73.3 cm³/mol. The minimum absolute atomic E-state index is 0. The monoisotopic (exact) mass is 299 g/mol. The standard InChI is InChI=1S/C11H12Cl3N.ClH/c12-7-4-5-8(13)11(14)10(7)9-3-1-2-6-15-9;/h4-5,9,15H,1-3,6H2;1H/t9-;/m0./s1. The number of halogens is 4. The molecule has 1 aliphatic rings. The predicted octanol–water partition coefficient (Wildman–Crippen LogP) is 4.88. The summed E-state index contributed by atoms with van der Waals surface area (Å²) in [4.78, 5) is 0.